The number of aryl methyl sites for hydroxylation is 1. The van der Waals surface area contributed by atoms with E-state index in [1.54, 1.807) is 29.8 Å². The number of likely N-dealkylation sites (tertiary alicyclic amines) is 1. The lowest BCUT2D eigenvalue weighted by molar-refractivity contribution is -0.124. The van der Waals surface area contributed by atoms with Crippen LogP contribution in [0.15, 0.2) is 10.9 Å². The molecule has 1 aliphatic rings. The number of nitrogens with zero attached hydrogens (tertiary/aromatic N) is 4. The van der Waals surface area contributed by atoms with Gasteiger partial charge in [0.1, 0.15) is 11.5 Å². The molecule has 0 saturated carbocycles. The summed E-state index contributed by atoms with van der Waals surface area (Å²) in [7, 11) is 1.59. The van der Waals surface area contributed by atoms with E-state index in [0.717, 1.165) is 0 Å². The Hall–Kier alpha value is -2.29. The van der Waals surface area contributed by atoms with Gasteiger partial charge in [0.25, 0.3) is 5.91 Å². The van der Waals surface area contributed by atoms with Crippen LogP contribution in [0.25, 0.3) is 0 Å². The normalized spacial score (nSPS) is 21.1. The van der Waals surface area contributed by atoms with Gasteiger partial charge >= 0.3 is 0 Å². The van der Waals surface area contributed by atoms with E-state index < -0.39 is 0 Å². The fourth-order valence-electron chi connectivity index (χ4n) is 2.69. The van der Waals surface area contributed by atoms with Crippen molar-refractivity contribution in [2.24, 2.45) is 5.92 Å². The first-order valence-electron chi connectivity index (χ1n) is 6.88. The van der Waals surface area contributed by atoms with Crippen LogP contribution in [-0.4, -0.2) is 57.0 Å². The maximum atomic E-state index is 12.4. The molecule has 3 rings (SSSR count). The lowest BCUT2D eigenvalue weighted by atomic mass is 9.94. The average molecular weight is 320 g/mol. The highest BCUT2D eigenvalue weighted by molar-refractivity contribution is 7.07. The fraction of sp³-hybridized carbons (Fsp3) is 0.462. The molecule has 116 valence electrons. The molecule has 2 amide bonds. The summed E-state index contributed by atoms with van der Waals surface area (Å²) in [5.74, 6) is 0.413. The van der Waals surface area contributed by atoms with Crippen molar-refractivity contribution in [3.05, 3.63) is 28.2 Å². The Morgan fingerprint density at radius 3 is 2.86 bits per heavy atom. The number of H-pyrrole nitrogens is 1. The molecule has 3 heterocycles. The lowest BCUT2D eigenvalue weighted by Gasteiger charge is -2.14. The molecular weight excluding hydrogens is 304 g/mol. The maximum Gasteiger partial charge on any atom is 0.273 e. The van der Waals surface area contributed by atoms with Crippen LogP contribution >= 0.6 is 11.3 Å². The van der Waals surface area contributed by atoms with Gasteiger partial charge in [-0.2, -0.15) is 5.10 Å². The predicted octanol–water partition coefficient (Wildman–Crippen LogP) is 0.171. The number of carbonyl (C=O) groups excluding carboxylic acids is 2. The maximum absolute atomic E-state index is 12.4. The first-order chi connectivity index (χ1) is 10.6. The van der Waals surface area contributed by atoms with E-state index in [2.05, 4.69) is 25.5 Å². The van der Waals surface area contributed by atoms with Crippen molar-refractivity contribution in [1.82, 2.24) is 30.4 Å². The summed E-state index contributed by atoms with van der Waals surface area (Å²) in [6.07, 6.45) is 0. The zero-order valence-electron chi connectivity index (χ0n) is 12.2. The minimum Gasteiger partial charge on any atom is -0.359 e. The third-order valence-electron chi connectivity index (χ3n) is 3.79. The largest absolute Gasteiger partial charge is 0.359 e. The summed E-state index contributed by atoms with van der Waals surface area (Å²) in [6.45, 7) is 2.55. The molecule has 0 unspecified atom stereocenters. The molecule has 2 aromatic heterocycles. The van der Waals surface area contributed by atoms with Gasteiger partial charge in [0.05, 0.1) is 17.3 Å². The second kappa shape index (κ2) is 5.84. The Kier molecular flexibility index (Phi) is 3.88. The third-order valence-corrected chi connectivity index (χ3v) is 4.37. The summed E-state index contributed by atoms with van der Waals surface area (Å²) in [5.41, 5.74) is 2.03. The molecule has 22 heavy (non-hydrogen) atoms. The number of hydrogen-bond donors (Lipinski definition) is 2. The summed E-state index contributed by atoms with van der Waals surface area (Å²) in [5, 5.41) is 11.3. The highest BCUT2D eigenvalue weighted by Gasteiger charge is 2.42. The number of amides is 2. The standard InChI is InChI=1S/C13H16N6O2S/c1-7-16-11(18-17-7)8-3-19(4-9(8)12(20)14-2)13(21)10-5-22-6-15-10/h5-6,8-9H,3-4H2,1-2H3,(H,14,20)(H,16,17,18)/t8-,9-/m1/s1. The first-order valence-corrected chi connectivity index (χ1v) is 7.82. The lowest BCUT2D eigenvalue weighted by Crippen LogP contribution is -2.33. The molecule has 0 radical (unpaired) electrons. The van der Waals surface area contributed by atoms with Crippen LogP contribution in [0.5, 0.6) is 0 Å². The third kappa shape index (κ3) is 2.59. The van der Waals surface area contributed by atoms with E-state index in [9.17, 15) is 9.59 Å². The second-order valence-corrected chi connectivity index (χ2v) is 5.91. The molecule has 9 heteroatoms. The van der Waals surface area contributed by atoms with E-state index in [1.807, 2.05) is 0 Å². The second-order valence-electron chi connectivity index (χ2n) is 5.19. The number of rotatable bonds is 3. The summed E-state index contributed by atoms with van der Waals surface area (Å²) in [6, 6.07) is 0. The van der Waals surface area contributed by atoms with Gasteiger partial charge in [-0.05, 0) is 6.92 Å². The summed E-state index contributed by atoms with van der Waals surface area (Å²) >= 11 is 1.37. The van der Waals surface area contributed by atoms with Gasteiger partial charge in [0.15, 0.2) is 5.82 Å². The average Bonchev–Trinajstić information content (AvgIpc) is 3.25. The van der Waals surface area contributed by atoms with E-state index in [-0.39, 0.29) is 23.7 Å². The van der Waals surface area contributed by atoms with Crippen LogP contribution in [0, 0.1) is 12.8 Å². The summed E-state index contributed by atoms with van der Waals surface area (Å²) < 4.78 is 0. The summed E-state index contributed by atoms with van der Waals surface area (Å²) in [4.78, 5) is 34.6. The van der Waals surface area contributed by atoms with E-state index in [1.165, 1.54) is 11.3 Å². The zero-order chi connectivity index (χ0) is 15.7. The quantitative estimate of drug-likeness (QED) is 0.839. The van der Waals surface area contributed by atoms with Gasteiger partial charge in [-0.25, -0.2) is 9.97 Å². The van der Waals surface area contributed by atoms with Crippen molar-refractivity contribution < 1.29 is 9.59 Å². The minimum absolute atomic E-state index is 0.110. The molecule has 0 aromatic carbocycles. The number of nitrogens with one attached hydrogen (secondary N) is 2. The Morgan fingerprint density at radius 1 is 1.45 bits per heavy atom. The van der Waals surface area contributed by atoms with Crippen molar-refractivity contribution in [3.8, 4) is 0 Å². The molecule has 1 saturated heterocycles. The molecule has 2 atom stereocenters. The van der Waals surface area contributed by atoms with Gasteiger partial charge in [-0.15, -0.1) is 11.3 Å². The number of thiazole rings is 1. The first kappa shape index (κ1) is 14.6. The predicted molar refractivity (Wildman–Crippen MR) is 79.4 cm³/mol. The van der Waals surface area contributed by atoms with Crippen molar-refractivity contribution in [2.75, 3.05) is 20.1 Å². The molecule has 0 bridgehead atoms. The van der Waals surface area contributed by atoms with Crippen molar-refractivity contribution in [1.29, 1.82) is 0 Å². The Balaban J connectivity index is 1.85. The van der Waals surface area contributed by atoms with Crippen LogP contribution in [0.3, 0.4) is 0 Å². The topological polar surface area (TPSA) is 104 Å². The zero-order valence-corrected chi connectivity index (χ0v) is 13.1. The molecule has 2 aromatic rings. The molecular formula is C13H16N6O2S. The van der Waals surface area contributed by atoms with Gasteiger partial charge in [-0.3, -0.25) is 14.7 Å². The minimum atomic E-state index is -0.359. The Morgan fingerprint density at radius 2 is 2.27 bits per heavy atom. The van der Waals surface area contributed by atoms with Gasteiger partial charge in [0, 0.05) is 25.5 Å². The monoisotopic (exact) mass is 320 g/mol. The van der Waals surface area contributed by atoms with Crippen molar-refractivity contribution in [2.45, 2.75) is 12.8 Å². The van der Waals surface area contributed by atoms with Crippen LogP contribution in [0.1, 0.15) is 28.1 Å². The molecule has 0 spiro atoms. The van der Waals surface area contributed by atoms with E-state index >= 15 is 0 Å². The number of aromatic nitrogens is 4. The van der Waals surface area contributed by atoms with Crippen LogP contribution in [0.2, 0.25) is 0 Å². The van der Waals surface area contributed by atoms with E-state index in [4.69, 9.17) is 0 Å². The highest BCUT2D eigenvalue weighted by atomic mass is 32.1. The van der Waals surface area contributed by atoms with Crippen molar-refractivity contribution in [3.63, 3.8) is 0 Å². The number of carbonyl (C=O) groups is 2. The highest BCUT2D eigenvalue weighted by Crippen LogP contribution is 2.31. The van der Waals surface area contributed by atoms with Gasteiger partial charge in [-0.1, -0.05) is 0 Å². The number of aromatic amines is 1. The Labute approximate surface area is 131 Å². The SMILES string of the molecule is CNC(=O)[C@@H]1CN(C(=O)c2cscn2)C[C@H]1c1n[nH]c(C)n1. The number of hydrogen-bond acceptors (Lipinski definition) is 6. The van der Waals surface area contributed by atoms with Gasteiger partial charge in [0.2, 0.25) is 5.91 Å². The van der Waals surface area contributed by atoms with Crippen LogP contribution in [-0.2, 0) is 4.79 Å². The molecule has 0 aliphatic carbocycles. The molecule has 1 fully saturated rings. The van der Waals surface area contributed by atoms with Gasteiger partial charge < -0.3 is 10.2 Å². The van der Waals surface area contributed by atoms with Crippen LogP contribution < -0.4 is 5.32 Å². The van der Waals surface area contributed by atoms with E-state index in [0.29, 0.717) is 30.4 Å². The van der Waals surface area contributed by atoms with Crippen LogP contribution in [0.4, 0.5) is 0 Å². The molecule has 1 aliphatic heterocycles. The fourth-order valence-corrected chi connectivity index (χ4v) is 3.21. The molecule has 2 N–H and O–H groups in total. The molecule has 8 nitrogen and oxygen atoms in total. The smallest absolute Gasteiger partial charge is 0.273 e. The van der Waals surface area contributed by atoms with Crippen molar-refractivity contribution >= 4 is 23.2 Å². The Bertz CT molecular complexity index is 683.